The molecule has 0 aromatic carbocycles. The van der Waals surface area contributed by atoms with E-state index in [1.165, 1.54) is 10.4 Å². The summed E-state index contributed by atoms with van der Waals surface area (Å²) >= 11 is 1.72. The van der Waals surface area contributed by atoms with Gasteiger partial charge in [-0.25, -0.2) is 0 Å². The molecular weight excluding hydrogens is 246 g/mol. The molecule has 5 heteroatoms. The van der Waals surface area contributed by atoms with E-state index in [0.29, 0.717) is 0 Å². The maximum atomic E-state index is 9.70. The Balaban J connectivity index is 1.75. The van der Waals surface area contributed by atoms with Gasteiger partial charge in [0.2, 0.25) is 0 Å². The lowest BCUT2D eigenvalue weighted by atomic mass is 10.1. The van der Waals surface area contributed by atoms with E-state index in [0.717, 1.165) is 38.2 Å². The fourth-order valence-corrected chi connectivity index (χ4v) is 3.24. The summed E-state index contributed by atoms with van der Waals surface area (Å²) in [5.74, 6) is 0. The highest BCUT2D eigenvalue weighted by atomic mass is 32.1. The number of aliphatic hydroxyl groups is 1. The minimum Gasteiger partial charge on any atom is -0.392 e. The summed E-state index contributed by atoms with van der Waals surface area (Å²) in [6.07, 6.45) is 3.74. The minimum atomic E-state index is -0.171. The first kappa shape index (κ1) is 11.9. The van der Waals surface area contributed by atoms with Crippen molar-refractivity contribution in [1.82, 2.24) is 15.1 Å². The molecule has 1 aliphatic heterocycles. The standard InChI is InChI=1S/C13H17N3OS/c17-11-3-1-5-16(9-11)8-10-7-14-15-13(10)12-4-2-6-18-12/h2,4,6-7,11,17H,1,3,5,8-9H2,(H,14,15). The molecule has 0 aliphatic carbocycles. The molecule has 1 atom stereocenters. The number of nitrogens with zero attached hydrogens (tertiary/aromatic N) is 2. The number of thiophene rings is 1. The molecule has 3 heterocycles. The van der Waals surface area contributed by atoms with Gasteiger partial charge in [-0.2, -0.15) is 5.10 Å². The topological polar surface area (TPSA) is 52.1 Å². The molecule has 1 unspecified atom stereocenters. The second-order valence-electron chi connectivity index (χ2n) is 4.78. The van der Waals surface area contributed by atoms with E-state index >= 15 is 0 Å². The molecule has 4 nitrogen and oxygen atoms in total. The largest absolute Gasteiger partial charge is 0.392 e. The van der Waals surface area contributed by atoms with Gasteiger partial charge in [0.05, 0.1) is 22.9 Å². The molecule has 2 aromatic heterocycles. The second-order valence-corrected chi connectivity index (χ2v) is 5.73. The third-order valence-electron chi connectivity index (χ3n) is 3.36. The van der Waals surface area contributed by atoms with Crippen LogP contribution in [0.25, 0.3) is 10.6 Å². The number of nitrogens with one attached hydrogen (secondary N) is 1. The van der Waals surface area contributed by atoms with Crippen LogP contribution in [0.1, 0.15) is 18.4 Å². The Bertz CT molecular complexity index is 494. The molecular formula is C13H17N3OS. The van der Waals surface area contributed by atoms with Gasteiger partial charge < -0.3 is 5.11 Å². The molecule has 0 amide bonds. The van der Waals surface area contributed by atoms with Crippen LogP contribution in [-0.4, -0.2) is 39.4 Å². The Labute approximate surface area is 110 Å². The third-order valence-corrected chi connectivity index (χ3v) is 4.25. The zero-order valence-corrected chi connectivity index (χ0v) is 11.0. The van der Waals surface area contributed by atoms with E-state index in [-0.39, 0.29) is 6.10 Å². The van der Waals surface area contributed by atoms with Crippen LogP contribution in [0.15, 0.2) is 23.7 Å². The van der Waals surface area contributed by atoms with Crippen molar-refractivity contribution in [2.24, 2.45) is 0 Å². The van der Waals surface area contributed by atoms with Crippen LogP contribution < -0.4 is 0 Å². The molecule has 3 rings (SSSR count). The number of β-amino-alcohol motifs (C(OH)–C–C–N with tert-alkyl or cyclic N) is 1. The SMILES string of the molecule is OC1CCCN(Cc2cn[nH]c2-c2cccs2)C1. The Morgan fingerprint density at radius 1 is 1.56 bits per heavy atom. The lowest BCUT2D eigenvalue weighted by Crippen LogP contribution is -2.37. The van der Waals surface area contributed by atoms with Gasteiger partial charge in [0.15, 0.2) is 0 Å². The molecule has 18 heavy (non-hydrogen) atoms. The number of rotatable bonds is 3. The molecule has 1 aliphatic rings. The van der Waals surface area contributed by atoms with Crippen molar-refractivity contribution in [1.29, 1.82) is 0 Å². The predicted molar refractivity (Wildman–Crippen MR) is 72.4 cm³/mol. The Morgan fingerprint density at radius 3 is 3.28 bits per heavy atom. The molecule has 0 spiro atoms. The summed E-state index contributed by atoms with van der Waals surface area (Å²) in [5, 5.41) is 19.0. The van der Waals surface area contributed by atoms with Crippen LogP contribution >= 0.6 is 11.3 Å². The normalized spacial score (nSPS) is 21.3. The maximum Gasteiger partial charge on any atom is 0.0794 e. The van der Waals surface area contributed by atoms with E-state index in [2.05, 4.69) is 32.6 Å². The second kappa shape index (κ2) is 5.22. The van der Waals surface area contributed by atoms with Gasteiger partial charge in [0.1, 0.15) is 0 Å². The quantitative estimate of drug-likeness (QED) is 0.891. The summed E-state index contributed by atoms with van der Waals surface area (Å²) in [6.45, 7) is 2.70. The van der Waals surface area contributed by atoms with Crippen LogP contribution in [-0.2, 0) is 6.54 Å². The predicted octanol–water partition coefficient (Wildman–Crippen LogP) is 2.09. The zero-order valence-electron chi connectivity index (χ0n) is 10.2. The first-order valence-electron chi connectivity index (χ1n) is 6.29. The average molecular weight is 263 g/mol. The smallest absolute Gasteiger partial charge is 0.0794 e. The van der Waals surface area contributed by atoms with Gasteiger partial charge in [0, 0.05) is 18.7 Å². The van der Waals surface area contributed by atoms with Crippen molar-refractivity contribution in [2.75, 3.05) is 13.1 Å². The number of likely N-dealkylation sites (tertiary alicyclic amines) is 1. The summed E-state index contributed by atoms with van der Waals surface area (Å²) < 4.78 is 0. The highest BCUT2D eigenvalue weighted by molar-refractivity contribution is 7.13. The van der Waals surface area contributed by atoms with Crippen molar-refractivity contribution in [2.45, 2.75) is 25.5 Å². The van der Waals surface area contributed by atoms with Crippen LogP contribution in [0.3, 0.4) is 0 Å². The van der Waals surface area contributed by atoms with Gasteiger partial charge in [-0.15, -0.1) is 11.3 Å². The summed E-state index contributed by atoms with van der Waals surface area (Å²) in [4.78, 5) is 3.52. The Morgan fingerprint density at radius 2 is 2.50 bits per heavy atom. The number of hydrogen-bond donors (Lipinski definition) is 2. The highest BCUT2D eigenvalue weighted by Gasteiger charge is 2.19. The molecule has 1 fully saturated rings. The van der Waals surface area contributed by atoms with E-state index in [1.807, 2.05) is 6.20 Å². The minimum absolute atomic E-state index is 0.171. The first-order chi connectivity index (χ1) is 8.83. The van der Waals surface area contributed by atoms with E-state index < -0.39 is 0 Å². The summed E-state index contributed by atoms with van der Waals surface area (Å²) in [7, 11) is 0. The molecule has 0 radical (unpaired) electrons. The highest BCUT2D eigenvalue weighted by Crippen LogP contribution is 2.27. The molecule has 1 saturated heterocycles. The van der Waals surface area contributed by atoms with Gasteiger partial charge >= 0.3 is 0 Å². The molecule has 0 bridgehead atoms. The third kappa shape index (κ3) is 2.48. The maximum absolute atomic E-state index is 9.70. The number of hydrogen-bond acceptors (Lipinski definition) is 4. The van der Waals surface area contributed by atoms with Gasteiger partial charge in [-0.05, 0) is 30.8 Å². The number of H-pyrrole nitrogens is 1. The van der Waals surface area contributed by atoms with Gasteiger partial charge in [-0.1, -0.05) is 6.07 Å². The van der Waals surface area contributed by atoms with Crippen LogP contribution in [0.5, 0.6) is 0 Å². The van der Waals surface area contributed by atoms with Crippen molar-refractivity contribution >= 4 is 11.3 Å². The number of aliphatic hydroxyl groups excluding tert-OH is 1. The average Bonchev–Trinajstić information content (AvgIpc) is 2.98. The summed E-state index contributed by atoms with van der Waals surface area (Å²) in [5.41, 5.74) is 2.33. The lowest BCUT2D eigenvalue weighted by Gasteiger charge is -2.29. The van der Waals surface area contributed by atoms with Crippen LogP contribution in [0.2, 0.25) is 0 Å². The lowest BCUT2D eigenvalue weighted by molar-refractivity contribution is 0.0669. The molecule has 96 valence electrons. The van der Waals surface area contributed by atoms with E-state index in [9.17, 15) is 5.11 Å². The van der Waals surface area contributed by atoms with Crippen LogP contribution in [0, 0.1) is 0 Å². The van der Waals surface area contributed by atoms with Crippen molar-refractivity contribution in [3.8, 4) is 10.6 Å². The molecule has 2 aromatic rings. The molecule has 2 N–H and O–H groups in total. The van der Waals surface area contributed by atoms with Gasteiger partial charge in [-0.3, -0.25) is 10.00 Å². The fraction of sp³-hybridized carbons (Fsp3) is 0.462. The van der Waals surface area contributed by atoms with Crippen molar-refractivity contribution < 1.29 is 5.11 Å². The van der Waals surface area contributed by atoms with E-state index in [4.69, 9.17) is 0 Å². The van der Waals surface area contributed by atoms with Crippen molar-refractivity contribution in [3.05, 3.63) is 29.3 Å². The fourth-order valence-electron chi connectivity index (χ4n) is 2.48. The number of aromatic amines is 1. The molecule has 0 saturated carbocycles. The first-order valence-corrected chi connectivity index (χ1v) is 7.17. The van der Waals surface area contributed by atoms with Crippen molar-refractivity contribution in [3.63, 3.8) is 0 Å². The number of aromatic nitrogens is 2. The summed E-state index contributed by atoms with van der Waals surface area (Å²) in [6, 6.07) is 4.15. The van der Waals surface area contributed by atoms with E-state index in [1.54, 1.807) is 11.3 Å². The monoisotopic (exact) mass is 263 g/mol. The zero-order chi connectivity index (χ0) is 12.4. The Hall–Kier alpha value is -1.17. The number of piperidine rings is 1. The van der Waals surface area contributed by atoms with Crippen LogP contribution in [0.4, 0.5) is 0 Å². The Kier molecular flexibility index (Phi) is 3.45. The van der Waals surface area contributed by atoms with Gasteiger partial charge in [0.25, 0.3) is 0 Å².